The SMILES string of the molecule is CCCCOc1cc(C=O)c(N(C)C)c2c1C(O)=C1C(=O)[C@]3(O[Si](C)(C)C(C)(C)C)C(=O)c4c(OCCCC)noc4[C@@H](N(C)C)[C@@H]3C[C@@H]1C2. The van der Waals surface area contributed by atoms with Gasteiger partial charge in [-0.15, -0.1) is 0 Å². The zero-order valence-corrected chi connectivity index (χ0v) is 32.7. The summed E-state index contributed by atoms with van der Waals surface area (Å²) < 4.78 is 25.4. The number of fused-ring (bicyclic) bond motifs is 4. The molecule has 0 unspecified atom stereocenters. The molecule has 3 aliphatic rings. The molecule has 0 saturated heterocycles. The van der Waals surface area contributed by atoms with Gasteiger partial charge in [-0.3, -0.25) is 19.3 Å². The molecule has 0 radical (unpaired) electrons. The fourth-order valence-corrected chi connectivity index (χ4v) is 9.12. The highest BCUT2D eigenvalue weighted by Crippen LogP contribution is 2.59. The smallest absolute Gasteiger partial charge is 0.265 e. The molecule has 0 bridgehead atoms. The monoisotopic (exact) mass is 709 g/mol. The largest absolute Gasteiger partial charge is 0.507 e. The van der Waals surface area contributed by atoms with Gasteiger partial charge in [0.05, 0.1) is 30.5 Å². The lowest BCUT2D eigenvalue weighted by molar-refractivity contribution is -0.140. The number of rotatable bonds is 13. The number of aliphatic hydroxyl groups is 1. The van der Waals surface area contributed by atoms with Crippen molar-refractivity contribution >= 4 is 37.6 Å². The number of anilines is 1. The second-order valence-corrected chi connectivity index (χ2v) is 20.7. The number of ether oxygens (including phenoxy) is 2. The number of aldehydes is 1. The van der Waals surface area contributed by atoms with E-state index in [1.807, 2.05) is 58.0 Å². The summed E-state index contributed by atoms with van der Waals surface area (Å²) >= 11 is 0. The van der Waals surface area contributed by atoms with Crippen molar-refractivity contribution in [2.75, 3.05) is 46.3 Å². The summed E-state index contributed by atoms with van der Waals surface area (Å²) in [5.74, 6) is -1.69. The minimum absolute atomic E-state index is 0.0627. The Morgan fingerprint density at radius 3 is 2.24 bits per heavy atom. The first kappa shape index (κ1) is 37.8. The van der Waals surface area contributed by atoms with Gasteiger partial charge in [-0.25, -0.2) is 0 Å². The van der Waals surface area contributed by atoms with Gasteiger partial charge in [0.2, 0.25) is 11.6 Å². The van der Waals surface area contributed by atoms with Crippen LogP contribution in [0.25, 0.3) is 5.76 Å². The molecule has 2 aromatic rings. The highest BCUT2D eigenvalue weighted by Gasteiger charge is 2.69. The minimum atomic E-state index is -2.85. The van der Waals surface area contributed by atoms with Crippen LogP contribution in [-0.2, 0) is 15.6 Å². The summed E-state index contributed by atoms with van der Waals surface area (Å²) in [4.78, 5) is 47.1. The Morgan fingerprint density at radius 2 is 1.68 bits per heavy atom. The standard InChI is InChI=1S/C38H55N3O8Si/c1-12-14-16-46-26-20-23(21-42)30(40(6)7)24-18-22-19-25-31(41(8)9)33-29(36(39-48-33)47-17-15-13-2)35(45)38(25,49-50(10,11)37(3,4)5)34(44)27(22)32(43)28(24)26/h20-22,25,31,43H,12-19H2,1-11H3/t22-,25-,31-,38-/m0/s1. The third-order valence-electron chi connectivity index (χ3n) is 11.1. The van der Waals surface area contributed by atoms with E-state index in [4.69, 9.17) is 18.4 Å². The van der Waals surface area contributed by atoms with Gasteiger partial charge in [0.1, 0.15) is 17.1 Å². The van der Waals surface area contributed by atoms with Crippen LogP contribution < -0.4 is 14.4 Å². The summed E-state index contributed by atoms with van der Waals surface area (Å²) in [5, 5.41) is 16.2. The van der Waals surface area contributed by atoms with E-state index in [-0.39, 0.29) is 27.8 Å². The number of benzene rings is 1. The molecule has 1 heterocycles. The lowest BCUT2D eigenvalue weighted by atomic mass is 9.57. The maximum Gasteiger partial charge on any atom is 0.265 e. The maximum atomic E-state index is 15.6. The van der Waals surface area contributed by atoms with Crippen molar-refractivity contribution in [3.8, 4) is 11.6 Å². The van der Waals surface area contributed by atoms with Gasteiger partial charge < -0.3 is 28.4 Å². The number of aliphatic hydroxyl groups excluding tert-OH is 1. The predicted octanol–water partition coefficient (Wildman–Crippen LogP) is 7.20. The van der Waals surface area contributed by atoms with E-state index in [0.717, 1.165) is 37.5 Å². The fourth-order valence-electron chi connectivity index (χ4n) is 7.67. The molecule has 1 N–H and O–H groups in total. The van der Waals surface area contributed by atoms with E-state index in [0.29, 0.717) is 54.4 Å². The lowest BCUT2D eigenvalue weighted by Crippen LogP contribution is -2.68. The van der Waals surface area contributed by atoms with E-state index in [1.54, 1.807) is 6.07 Å². The second kappa shape index (κ2) is 13.9. The number of nitrogens with zero attached hydrogens (tertiary/aromatic N) is 3. The van der Waals surface area contributed by atoms with Crippen molar-refractivity contribution in [3.63, 3.8) is 0 Å². The number of hydrogen-bond acceptors (Lipinski definition) is 11. The summed E-state index contributed by atoms with van der Waals surface area (Å²) in [7, 11) is 4.65. The zero-order valence-electron chi connectivity index (χ0n) is 31.7. The van der Waals surface area contributed by atoms with Crippen LogP contribution in [0.15, 0.2) is 16.2 Å². The summed E-state index contributed by atoms with van der Waals surface area (Å²) in [6.07, 6.45) is 4.80. The van der Waals surface area contributed by atoms with Crippen LogP contribution in [0.3, 0.4) is 0 Å². The number of ketones is 2. The molecule has 5 rings (SSSR count). The first-order valence-electron chi connectivity index (χ1n) is 18.0. The molecule has 11 nitrogen and oxygen atoms in total. The van der Waals surface area contributed by atoms with Gasteiger partial charge in [-0.1, -0.05) is 47.5 Å². The molecule has 0 aliphatic heterocycles. The van der Waals surface area contributed by atoms with Gasteiger partial charge in [-0.2, -0.15) is 0 Å². The molecule has 1 aromatic carbocycles. The van der Waals surface area contributed by atoms with Gasteiger partial charge in [0.25, 0.3) is 5.88 Å². The van der Waals surface area contributed by atoms with Crippen LogP contribution in [0.4, 0.5) is 5.69 Å². The van der Waals surface area contributed by atoms with Crippen LogP contribution in [0.2, 0.25) is 18.1 Å². The molecule has 0 spiro atoms. The van der Waals surface area contributed by atoms with E-state index < -0.39 is 43.4 Å². The summed E-state index contributed by atoms with van der Waals surface area (Å²) in [6.45, 7) is 15.1. The highest BCUT2D eigenvalue weighted by atomic mass is 28.4. The fraction of sp³-hybridized carbons (Fsp3) is 0.632. The lowest BCUT2D eigenvalue weighted by Gasteiger charge is -2.55. The predicted molar refractivity (Wildman–Crippen MR) is 195 cm³/mol. The van der Waals surface area contributed by atoms with Crippen LogP contribution in [0.1, 0.15) is 110 Å². The second-order valence-electron chi connectivity index (χ2n) is 16.0. The first-order chi connectivity index (χ1) is 23.5. The quantitative estimate of drug-likeness (QED) is 0.0980. The molecule has 3 aliphatic carbocycles. The Kier molecular flexibility index (Phi) is 10.5. The molecule has 12 heteroatoms. The normalized spacial score (nSPS) is 23.3. The Labute approximate surface area is 297 Å². The third-order valence-corrected chi connectivity index (χ3v) is 15.6. The Hall–Kier alpha value is -3.48. The topological polar surface area (TPSA) is 132 Å². The Bertz CT molecular complexity index is 1690. The van der Waals surface area contributed by atoms with Gasteiger partial charge in [0.15, 0.2) is 26.0 Å². The van der Waals surface area contributed by atoms with Crippen LogP contribution in [-0.4, -0.2) is 88.3 Å². The third kappa shape index (κ3) is 6.00. The van der Waals surface area contributed by atoms with Crippen molar-refractivity contribution in [3.05, 3.63) is 39.7 Å². The molecule has 1 saturated carbocycles. The number of hydrogen-bond donors (Lipinski definition) is 1. The number of carbonyl (C=O) groups is 3. The highest BCUT2D eigenvalue weighted by molar-refractivity contribution is 6.74. The summed E-state index contributed by atoms with van der Waals surface area (Å²) in [5.41, 5.74) is 0.557. The van der Waals surface area contributed by atoms with Crippen LogP contribution in [0.5, 0.6) is 11.6 Å². The molecule has 1 fully saturated rings. The van der Waals surface area contributed by atoms with Crippen molar-refractivity contribution in [1.29, 1.82) is 0 Å². The van der Waals surface area contributed by atoms with Crippen LogP contribution >= 0.6 is 0 Å². The molecule has 1 aromatic heterocycles. The maximum absolute atomic E-state index is 15.6. The van der Waals surface area contributed by atoms with E-state index in [2.05, 4.69) is 32.9 Å². The molecule has 274 valence electrons. The number of unbranched alkanes of at least 4 members (excludes halogenated alkanes) is 2. The molecular formula is C38H55N3O8Si. The van der Waals surface area contributed by atoms with E-state index in [9.17, 15) is 9.90 Å². The number of aromatic nitrogens is 1. The van der Waals surface area contributed by atoms with Crippen molar-refractivity contribution in [2.45, 2.75) is 103 Å². The minimum Gasteiger partial charge on any atom is -0.507 e. The molecule has 50 heavy (non-hydrogen) atoms. The van der Waals surface area contributed by atoms with Gasteiger partial charge in [-0.05, 0) is 80.6 Å². The van der Waals surface area contributed by atoms with Crippen LogP contribution in [0, 0.1) is 11.8 Å². The zero-order chi connectivity index (χ0) is 36.9. The average molecular weight is 710 g/mol. The van der Waals surface area contributed by atoms with Gasteiger partial charge >= 0.3 is 0 Å². The van der Waals surface area contributed by atoms with Crippen molar-refractivity contribution in [2.24, 2.45) is 11.8 Å². The summed E-state index contributed by atoms with van der Waals surface area (Å²) in [6, 6.07) is 1.09. The van der Waals surface area contributed by atoms with E-state index in [1.165, 1.54) is 0 Å². The Morgan fingerprint density at radius 1 is 1.04 bits per heavy atom. The molecular weight excluding hydrogens is 655 g/mol. The number of carbonyl (C=O) groups excluding carboxylic acids is 3. The van der Waals surface area contributed by atoms with Crippen molar-refractivity contribution < 1.29 is 37.9 Å². The average Bonchev–Trinajstić information content (AvgIpc) is 3.44. The van der Waals surface area contributed by atoms with Crippen molar-refractivity contribution in [1.82, 2.24) is 10.1 Å². The number of Topliss-reactive ketones (excluding diaryl/α,β-unsaturated/α-hetero) is 2. The first-order valence-corrected chi connectivity index (χ1v) is 20.9. The Balaban J connectivity index is 1.81. The van der Waals surface area contributed by atoms with E-state index >= 15 is 9.59 Å². The molecule has 4 atom stereocenters. The molecule has 0 amide bonds. The van der Waals surface area contributed by atoms with Gasteiger partial charge in [0, 0.05) is 31.1 Å².